The molecule has 0 saturated carbocycles. The molecule has 6 nitrogen and oxygen atoms in total. The Hall–Kier alpha value is -1.31. The van der Waals surface area contributed by atoms with E-state index in [9.17, 15) is 0 Å². The SMILES string of the molecule is CCc1cc(CC(NN)c2cnns2)n(CC)n1. The summed E-state index contributed by atoms with van der Waals surface area (Å²) in [5.74, 6) is 5.61. The third kappa shape index (κ3) is 2.74. The molecule has 98 valence electrons. The van der Waals surface area contributed by atoms with E-state index in [2.05, 4.69) is 40.0 Å². The van der Waals surface area contributed by atoms with E-state index in [0.29, 0.717) is 0 Å². The first-order valence-corrected chi connectivity index (χ1v) is 6.84. The number of hydrogen-bond acceptors (Lipinski definition) is 6. The maximum absolute atomic E-state index is 5.61. The summed E-state index contributed by atoms with van der Waals surface area (Å²) in [6, 6.07) is 2.18. The summed E-state index contributed by atoms with van der Waals surface area (Å²) in [6.07, 6.45) is 3.49. The van der Waals surface area contributed by atoms with E-state index in [0.717, 1.165) is 30.0 Å². The van der Waals surface area contributed by atoms with Gasteiger partial charge in [0.1, 0.15) is 0 Å². The van der Waals surface area contributed by atoms with E-state index >= 15 is 0 Å². The number of nitrogens with one attached hydrogen (secondary N) is 1. The van der Waals surface area contributed by atoms with Gasteiger partial charge < -0.3 is 0 Å². The molecule has 0 amide bonds. The van der Waals surface area contributed by atoms with Gasteiger partial charge in [-0.15, -0.1) is 5.10 Å². The van der Waals surface area contributed by atoms with Crippen LogP contribution in [0.4, 0.5) is 0 Å². The summed E-state index contributed by atoms with van der Waals surface area (Å²) >= 11 is 1.37. The van der Waals surface area contributed by atoms with E-state index < -0.39 is 0 Å². The summed E-state index contributed by atoms with van der Waals surface area (Å²) in [5, 5.41) is 8.38. The number of hydrazine groups is 1. The van der Waals surface area contributed by atoms with Gasteiger partial charge in [0.05, 0.1) is 22.8 Å². The lowest BCUT2D eigenvalue weighted by Gasteiger charge is -2.13. The molecule has 0 fully saturated rings. The second kappa shape index (κ2) is 6.03. The molecular formula is C11H18N6S. The van der Waals surface area contributed by atoms with Crippen LogP contribution in [0.2, 0.25) is 0 Å². The Morgan fingerprint density at radius 2 is 2.33 bits per heavy atom. The number of aromatic nitrogens is 4. The Morgan fingerprint density at radius 3 is 2.89 bits per heavy atom. The highest BCUT2D eigenvalue weighted by molar-refractivity contribution is 7.05. The molecule has 1 atom stereocenters. The molecule has 7 heteroatoms. The summed E-state index contributed by atoms with van der Waals surface area (Å²) in [7, 11) is 0. The van der Waals surface area contributed by atoms with E-state index in [4.69, 9.17) is 5.84 Å². The maximum atomic E-state index is 5.61. The van der Waals surface area contributed by atoms with Crippen LogP contribution in [0, 0.1) is 0 Å². The Balaban J connectivity index is 2.19. The first-order valence-electron chi connectivity index (χ1n) is 6.07. The zero-order valence-corrected chi connectivity index (χ0v) is 11.4. The van der Waals surface area contributed by atoms with Gasteiger partial charge in [-0.1, -0.05) is 11.4 Å². The third-order valence-electron chi connectivity index (χ3n) is 2.91. The normalized spacial score (nSPS) is 12.8. The number of rotatable bonds is 6. The van der Waals surface area contributed by atoms with E-state index in [-0.39, 0.29) is 6.04 Å². The van der Waals surface area contributed by atoms with Gasteiger partial charge in [0.15, 0.2) is 0 Å². The minimum absolute atomic E-state index is 0.0386. The minimum atomic E-state index is 0.0386. The summed E-state index contributed by atoms with van der Waals surface area (Å²) in [6.45, 7) is 5.07. The van der Waals surface area contributed by atoms with Gasteiger partial charge in [-0.2, -0.15) is 5.10 Å². The van der Waals surface area contributed by atoms with Crippen molar-refractivity contribution in [2.24, 2.45) is 5.84 Å². The minimum Gasteiger partial charge on any atom is -0.271 e. The first kappa shape index (κ1) is 13.1. The van der Waals surface area contributed by atoms with Crippen molar-refractivity contribution in [1.82, 2.24) is 24.8 Å². The fraction of sp³-hybridized carbons (Fsp3) is 0.545. The lowest BCUT2D eigenvalue weighted by molar-refractivity contribution is 0.522. The molecule has 18 heavy (non-hydrogen) atoms. The van der Waals surface area contributed by atoms with Crippen molar-refractivity contribution in [2.75, 3.05) is 0 Å². The second-order valence-electron chi connectivity index (χ2n) is 4.04. The van der Waals surface area contributed by atoms with Crippen molar-refractivity contribution in [3.05, 3.63) is 28.5 Å². The van der Waals surface area contributed by atoms with Crippen molar-refractivity contribution in [3.8, 4) is 0 Å². The average Bonchev–Trinajstić information content (AvgIpc) is 3.04. The highest BCUT2D eigenvalue weighted by atomic mass is 32.1. The Bertz CT molecular complexity index is 478. The molecule has 0 saturated heterocycles. The molecule has 2 rings (SSSR count). The smallest absolute Gasteiger partial charge is 0.0670 e. The van der Waals surface area contributed by atoms with Crippen LogP contribution in [0.5, 0.6) is 0 Å². The second-order valence-corrected chi connectivity index (χ2v) is 4.86. The topological polar surface area (TPSA) is 81.6 Å². The molecule has 0 radical (unpaired) electrons. The first-order chi connectivity index (χ1) is 8.78. The van der Waals surface area contributed by atoms with Crippen LogP contribution in [-0.2, 0) is 19.4 Å². The number of nitrogens with zero attached hydrogens (tertiary/aromatic N) is 4. The van der Waals surface area contributed by atoms with Crippen LogP contribution in [-0.4, -0.2) is 19.4 Å². The molecule has 1 unspecified atom stereocenters. The quantitative estimate of drug-likeness (QED) is 0.603. The van der Waals surface area contributed by atoms with E-state index in [1.165, 1.54) is 17.2 Å². The molecule has 2 heterocycles. The van der Waals surface area contributed by atoms with Crippen LogP contribution in [0.25, 0.3) is 0 Å². The molecule has 0 aliphatic heterocycles. The largest absolute Gasteiger partial charge is 0.271 e. The van der Waals surface area contributed by atoms with Crippen molar-refractivity contribution in [2.45, 2.75) is 39.3 Å². The Morgan fingerprint density at radius 1 is 1.50 bits per heavy atom. The fourth-order valence-corrected chi connectivity index (χ4v) is 2.47. The van der Waals surface area contributed by atoms with Gasteiger partial charge in [-0.05, 0) is 30.9 Å². The average molecular weight is 266 g/mol. The summed E-state index contributed by atoms with van der Waals surface area (Å²) in [5.41, 5.74) is 5.12. The molecule has 0 spiro atoms. The number of nitrogens with two attached hydrogens (primary N) is 1. The summed E-state index contributed by atoms with van der Waals surface area (Å²) < 4.78 is 5.90. The van der Waals surface area contributed by atoms with Crippen LogP contribution in [0.3, 0.4) is 0 Å². The van der Waals surface area contributed by atoms with Gasteiger partial charge in [0.25, 0.3) is 0 Å². The molecule has 2 aromatic heterocycles. The van der Waals surface area contributed by atoms with Crippen molar-refractivity contribution in [1.29, 1.82) is 0 Å². The lowest BCUT2D eigenvalue weighted by atomic mass is 10.1. The molecule has 3 N–H and O–H groups in total. The van der Waals surface area contributed by atoms with Gasteiger partial charge >= 0.3 is 0 Å². The predicted octanol–water partition coefficient (Wildman–Crippen LogP) is 1.06. The molecule has 0 aromatic carbocycles. The molecule has 0 bridgehead atoms. The van der Waals surface area contributed by atoms with Crippen molar-refractivity contribution >= 4 is 11.5 Å². The third-order valence-corrected chi connectivity index (χ3v) is 3.69. The lowest BCUT2D eigenvalue weighted by Crippen LogP contribution is -2.29. The van der Waals surface area contributed by atoms with Gasteiger partial charge in [-0.3, -0.25) is 16.0 Å². The molecule has 2 aromatic rings. The highest BCUT2D eigenvalue weighted by Gasteiger charge is 2.16. The maximum Gasteiger partial charge on any atom is 0.0670 e. The zero-order chi connectivity index (χ0) is 13.0. The van der Waals surface area contributed by atoms with Crippen LogP contribution >= 0.6 is 11.5 Å². The van der Waals surface area contributed by atoms with E-state index in [1.807, 2.05) is 4.68 Å². The van der Waals surface area contributed by atoms with Crippen LogP contribution in [0.1, 0.15) is 36.2 Å². The number of hydrogen-bond donors (Lipinski definition) is 2. The standard InChI is InChI=1S/C11H18N6S/c1-3-8-5-9(17(4-2)15-8)6-10(14-12)11-7-13-16-18-11/h5,7,10,14H,3-4,6,12H2,1-2H3. The van der Waals surface area contributed by atoms with Crippen LogP contribution < -0.4 is 11.3 Å². The van der Waals surface area contributed by atoms with Gasteiger partial charge in [0, 0.05) is 18.7 Å². The van der Waals surface area contributed by atoms with Crippen LogP contribution in [0.15, 0.2) is 12.3 Å². The van der Waals surface area contributed by atoms with Gasteiger partial charge in [-0.25, -0.2) is 0 Å². The van der Waals surface area contributed by atoms with E-state index in [1.54, 1.807) is 6.20 Å². The predicted molar refractivity (Wildman–Crippen MR) is 71.0 cm³/mol. The van der Waals surface area contributed by atoms with Gasteiger partial charge in [0.2, 0.25) is 0 Å². The Labute approximate surface area is 110 Å². The monoisotopic (exact) mass is 266 g/mol. The summed E-state index contributed by atoms with van der Waals surface area (Å²) in [4.78, 5) is 1.04. The fourth-order valence-electron chi connectivity index (χ4n) is 1.90. The van der Waals surface area contributed by atoms with Crippen molar-refractivity contribution in [3.63, 3.8) is 0 Å². The Kier molecular flexibility index (Phi) is 4.40. The molecule has 0 aliphatic carbocycles. The highest BCUT2D eigenvalue weighted by Crippen LogP contribution is 2.20. The number of aryl methyl sites for hydroxylation is 2. The van der Waals surface area contributed by atoms with Crippen molar-refractivity contribution < 1.29 is 0 Å². The molecular weight excluding hydrogens is 248 g/mol. The zero-order valence-electron chi connectivity index (χ0n) is 10.6. The molecule has 0 aliphatic rings.